The van der Waals surface area contributed by atoms with Gasteiger partial charge < -0.3 is 10.3 Å². The molecule has 2 aromatic heterocycles. The van der Waals surface area contributed by atoms with Crippen LogP contribution in [0.15, 0.2) is 22.0 Å². The number of nitrogens with two attached hydrogens (primary N) is 1. The van der Waals surface area contributed by atoms with Crippen LogP contribution >= 0.6 is 11.3 Å². The Hall–Kier alpha value is -1.20. The smallest absolute Gasteiger partial charge is 0.234 e. The van der Waals surface area contributed by atoms with E-state index in [1.54, 1.807) is 11.3 Å². The van der Waals surface area contributed by atoms with Crippen LogP contribution in [-0.2, 0) is 11.8 Å². The summed E-state index contributed by atoms with van der Waals surface area (Å²) in [5.41, 5.74) is 6.11. The van der Waals surface area contributed by atoms with E-state index >= 15 is 0 Å². The molecule has 102 valence electrons. The van der Waals surface area contributed by atoms with E-state index in [2.05, 4.69) is 28.5 Å². The second-order valence-electron chi connectivity index (χ2n) is 5.54. The molecule has 19 heavy (non-hydrogen) atoms. The molecule has 2 aromatic rings. The standard InChI is InChI=1S/C14H19N3OS/c1-14(7-3-2-6-11(14)15)13-16-12(17-18-13)9-10-5-4-8-19-10/h4-5,8,11H,2-3,6-7,9,15H2,1H3. The largest absolute Gasteiger partial charge is 0.339 e. The lowest BCUT2D eigenvalue weighted by Gasteiger charge is -2.35. The van der Waals surface area contributed by atoms with Crippen LogP contribution in [0.4, 0.5) is 0 Å². The summed E-state index contributed by atoms with van der Waals surface area (Å²) in [7, 11) is 0. The van der Waals surface area contributed by atoms with Crippen LogP contribution in [0.25, 0.3) is 0 Å². The van der Waals surface area contributed by atoms with Crippen LogP contribution in [0.5, 0.6) is 0 Å². The molecule has 0 spiro atoms. The van der Waals surface area contributed by atoms with E-state index in [0.717, 1.165) is 25.1 Å². The Bertz CT molecular complexity index is 537. The molecule has 0 aromatic carbocycles. The number of rotatable bonds is 3. The van der Waals surface area contributed by atoms with Gasteiger partial charge in [0.1, 0.15) is 0 Å². The first-order chi connectivity index (χ1) is 9.18. The van der Waals surface area contributed by atoms with Crippen molar-refractivity contribution in [2.45, 2.75) is 50.5 Å². The van der Waals surface area contributed by atoms with Crippen LogP contribution in [-0.4, -0.2) is 16.2 Å². The van der Waals surface area contributed by atoms with Crippen molar-refractivity contribution in [3.8, 4) is 0 Å². The van der Waals surface area contributed by atoms with Gasteiger partial charge in [-0.1, -0.05) is 24.1 Å². The summed E-state index contributed by atoms with van der Waals surface area (Å²) in [4.78, 5) is 5.83. The Morgan fingerprint density at radius 3 is 3.16 bits per heavy atom. The van der Waals surface area contributed by atoms with E-state index in [1.165, 1.54) is 17.7 Å². The number of thiophene rings is 1. The Kier molecular flexibility index (Phi) is 3.41. The maximum absolute atomic E-state index is 6.26. The fraction of sp³-hybridized carbons (Fsp3) is 0.571. The minimum absolute atomic E-state index is 0.122. The zero-order chi connectivity index (χ0) is 13.3. The van der Waals surface area contributed by atoms with Gasteiger partial charge in [0, 0.05) is 17.3 Å². The average molecular weight is 277 g/mol. The highest BCUT2D eigenvalue weighted by molar-refractivity contribution is 7.09. The summed E-state index contributed by atoms with van der Waals surface area (Å²) in [6.45, 7) is 2.15. The fourth-order valence-corrected chi connectivity index (χ4v) is 3.45. The highest BCUT2D eigenvalue weighted by Crippen LogP contribution is 2.37. The third-order valence-electron chi connectivity index (χ3n) is 4.15. The van der Waals surface area contributed by atoms with E-state index in [-0.39, 0.29) is 11.5 Å². The molecule has 0 bridgehead atoms. The monoisotopic (exact) mass is 277 g/mol. The van der Waals surface area contributed by atoms with Crippen LogP contribution in [0, 0.1) is 0 Å². The predicted molar refractivity (Wildman–Crippen MR) is 75.2 cm³/mol. The van der Waals surface area contributed by atoms with Crippen LogP contribution in [0.1, 0.15) is 49.2 Å². The van der Waals surface area contributed by atoms with Gasteiger partial charge in [-0.05, 0) is 31.2 Å². The highest BCUT2D eigenvalue weighted by Gasteiger charge is 2.40. The first kappa shape index (κ1) is 12.8. The van der Waals surface area contributed by atoms with Crippen molar-refractivity contribution in [3.63, 3.8) is 0 Å². The van der Waals surface area contributed by atoms with Crippen LogP contribution < -0.4 is 5.73 Å². The van der Waals surface area contributed by atoms with Crippen molar-refractivity contribution in [2.24, 2.45) is 5.73 Å². The third-order valence-corrected chi connectivity index (χ3v) is 5.03. The van der Waals surface area contributed by atoms with E-state index in [0.29, 0.717) is 5.89 Å². The van der Waals surface area contributed by atoms with E-state index < -0.39 is 0 Å². The lowest BCUT2D eigenvalue weighted by molar-refractivity contribution is 0.203. The van der Waals surface area contributed by atoms with Gasteiger partial charge in [-0.2, -0.15) is 4.98 Å². The van der Waals surface area contributed by atoms with Crippen molar-refractivity contribution in [2.75, 3.05) is 0 Å². The molecule has 2 heterocycles. The van der Waals surface area contributed by atoms with E-state index in [9.17, 15) is 0 Å². The summed E-state index contributed by atoms with van der Waals surface area (Å²) in [5, 5.41) is 6.18. The molecule has 4 nitrogen and oxygen atoms in total. The molecule has 1 aliphatic carbocycles. The van der Waals surface area contributed by atoms with E-state index in [4.69, 9.17) is 10.3 Å². The summed E-state index contributed by atoms with van der Waals surface area (Å²) in [6, 6.07) is 4.25. The number of aromatic nitrogens is 2. The van der Waals surface area contributed by atoms with Crippen molar-refractivity contribution < 1.29 is 4.52 Å². The molecule has 0 amide bonds. The first-order valence-electron chi connectivity index (χ1n) is 6.79. The van der Waals surface area contributed by atoms with Crippen molar-refractivity contribution in [3.05, 3.63) is 34.1 Å². The molecular weight excluding hydrogens is 258 g/mol. The molecule has 5 heteroatoms. The molecule has 0 aliphatic heterocycles. The molecule has 1 saturated carbocycles. The fourth-order valence-electron chi connectivity index (χ4n) is 2.75. The van der Waals surface area contributed by atoms with Crippen LogP contribution in [0.3, 0.4) is 0 Å². The molecule has 2 unspecified atom stereocenters. The van der Waals surface area contributed by atoms with Gasteiger partial charge in [0.25, 0.3) is 0 Å². The second kappa shape index (κ2) is 5.06. The Morgan fingerprint density at radius 2 is 2.42 bits per heavy atom. The van der Waals surface area contributed by atoms with Gasteiger partial charge in [-0.3, -0.25) is 0 Å². The Balaban J connectivity index is 1.80. The zero-order valence-electron chi connectivity index (χ0n) is 11.1. The summed E-state index contributed by atoms with van der Waals surface area (Å²) in [5.74, 6) is 1.47. The molecule has 0 radical (unpaired) electrons. The molecular formula is C14H19N3OS. The molecule has 2 N–H and O–H groups in total. The maximum Gasteiger partial charge on any atom is 0.234 e. The summed E-state index contributed by atoms with van der Waals surface area (Å²) < 4.78 is 5.49. The molecule has 2 atom stereocenters. The molecule has 3 rings (SSSR count). The van der Waals surface area contributed by atoms with E-state index in [1.807, 2.05) is 6.07 Å². The lowest BCUT2D eigenvalue weighted by atomic mass is 9.72. The third kappa shape index (κ3) is 2.44. The normalized spacial score (nSPS) is 27.6. The first-order valence-corrected chi connectivity index (χ1v) is 7.67. The molecule has 1 fully saturated rings. The number of hydrogen-bond donors (Lipinski definition) is 1. The van der Waals surface area contributed by atoms with Gasteiger partial charge in [0.2, 0.25) is 5.89 Å². The number of hydrogen-bond acceptors (Lipinski definition) is 5. The van der Waals surface area contributed by atoms with Gasteiger partial charge in [0.05, 0.1) is 5.41 Å². The zero-order valence-corrected chi connectivity index (χ0v) is 11.9. The number of nitrogens with zero attached hydrogens (tertiary/aromatic N) is 2. The minimum atomic E-state index is -0.154. The predicted octanol–water partition coefficient (Wildman–Crippen LogP) is 2.88. The summed E-state index contributed by atoms with van der Waals surface area (Å²) in [6.07, 6.45) is 5.21. The topological polar surface area (TPSA) is 64.9 Å². The van der Waals surface area contributed by atoms with Gasteiger partial charge in [-0.15, -0.1) is 11.3 Å². The van der Waals surface area contributed by atoms with Gasteiger partial charge in [-0.25, -0.2) is 0 Å². The highest BCUT2D eigenvalue weighted by atomic mass is 32.1. The second-order valence-corrected chi connectivity index (χ2v) is 6.57. The molecule has 1 aliphatic rings. The van der Waals surface area contributed by atoms with Crippen molar-refractivity contribution in [1.82, 2.24) is 10.1 Å². The van der Waals surface area contributed by atoms with Crippen LogP contribution in [0.2, 0.25) is 0 Å². The van der Waals surface area contributed by atoms with Gasteiger partial charge in [0.15, 0.2) is 5.82 Å². The van der Waals surface area contributed by atoms with Crippen molar-refractivity contribution >= 4 is 11.3 Å². The van der Waals surface area contributed by atoms with Crippen molar-refractivity contribution in [1.29, 1.82) is 0 Å². The SMILES string of the molecule is CC1(c2nc(Cc3cccs3)no2)CCCCC1N. The Morgan fingerprint density at radius 1 is 1.53 bits per heavy atom. The Labute approximate surface area is 117 Å². The molecule has 0 saturated heterocycles. The summed E-state index contributed by atoms with van der Waals surface area (Å²) >= 11 is 1.72. The lowest BCUT2D eigenvalue weighted by Crippen LogP contribution is -2.45. The van der Waals surface area contributed by atoms with Gasteiger partial charge >= 0.3 is 0 Å². The average Bonchev–Trinajstić information content (AvgIpc) is 3.05. The quantitative estimate of drug-likeness (QED) is 0.937. The maximum atomic E-state index is 6.26. The minimum Gasteiger partial charge on any atom is -0.339 e.